The largest absolute Gasteiger partial charge is 0.502 e. The van der Waals surface area contributed by atoms with Crippen molar-refractivity contribution in [3.8, 4) is 17.2 Å². The van der Waals surface area contributed by atoms with Crippen LogP contribution in [0.25, 0.3) is 11.6 Å². The first-order valence-electron chi connectivity index (χ1n) is 10.9. The van der Waals surface area contributed by atoms with Gasteiger partial charge in [0.25, 0.3) is 0 Å². The monoisotopic (exact) mass is 463 g/mol. The zero-order valence-corrected chi connectivity index (χ0v) is 19.2. The molecule has 1 aromatic heterocycles. The third kappa shape index (κ3) is 4.71. The van der Waals surface area contributed by atoms with Gasteiger partial charge in [-0.15, -0.1) is 0 Å². The van der Waals surface area contributed by atoms with E-state index in [0.717, 1.165) is 22.3 Å². The predicted molar refractivity (Wildman–Crippen MR) is 126 cm³/mol. The molecule has 0 saturated heterocycles. The van der Waals surface area contributed by atoms with Crippen LogP contribution in [0.2, 0.25) is 0 Å². The lowest BCUT2D eigenvalue weighted by molar-refractivity contribution is -0.121. The summed E-state index contributed by atoms with van der Waals surface area (Å²) in [6.45, 7) is 2.30. The van der Waals surface area contributed by atoms with Crippen molar-refractivity contribution in [3.05, 3.63) is 77.1 Å². The molecule has 4 rings (SSSR count). The number of hydrogen-bond donors (Lipinski definition) is 2. The minimum Gasteiger partial charge on any atom is -0.502 e. The van der Waals surface area contributed by atoms with Gasteiger partial charge >= 0.3 is 0 Å². The van der Waals surface area contributed by atoms with Gasteiger partial charge in [0.05, 0.1) is 32.7 Å². The molecule has 0 fully saturated rings. The van der Waals surface area contributed by atoms with Crippen molar-refractivity contribution in [2.75, 3.05) is 14.2 Å². The molecule has 0 saturated carbocycles. The highest BCUT2D eigenvalue weighted by atomic mass is 19.1. The average Bonchev–Trinajstić information content (AvgIpc) is 3.09. The molecule has 2 atom stereocenters. The Bertz CT molecular complexity index is 1200. The van der Waals surface area contributed by atoms with E-state index in [0.29, 0.717) is 5.69 Å². The summed E-state index contributed by atoms with van der Waals surface area (Å²) >= 11 is 0. The van der Waals surface area contributed by atoms with Crippen molar-refractivity contribution in [2.45, 2.75) is 25.8 Å². The first-order chi connectivity index (χ1) is 16.4. The summed E-state index contributed by atoms with van der Waals surface area (Å²) < 4.78 is 24.7. The SMILES string of the molecule is COc1cc(/C=C2\c3ccc(F)cc3C(CC(=O)NCc3cnccn3)[C@@H]2C)cc(OC)c1O. The van der Waals surface area contributed by atoms with Gasteiger partial charge < -0.3 is 19.9 Å². The van der Waals surface area contributed by atoms with Gasteiger partial charge in [-0.25, -0.2) is 4.39 Å². The lowest BCUT2D eigenvalue weighted by Gasteiger charge is -2.17. The number of nitrogens with zero attached hydrogens (tertiary/aromatic N) is 2. The smallest absolute Gasteiger partial charge is 0.220 e. The molecule has 176 valence electrons. The molecule has 2 N–H and O–H groups in total. The number of ether oxygens (including phenoxy) is 2. The summed E-state index contributed by atoms with van der Waals surface area (Å²) in [5, 5.41) is 13.1. The second kappa shape index (κ2) is 9.91. The number of benzene rings is 2. The summed E-state index contributed by atoms with van der Waals surface area (Å²) in [6, 6.07) is 8.10. The van der Waals surface area contributed by atoms with Crippen LogP contribution in [0.3, 0.4) is 0 Å². The van der Waals surface area contributed by atoms with Crippen LogP contribution in [-0.4, -0.2) is 35.2 Å². The number of methoxy groups -OCH3 is 2. The third-order valence-electron chi connectivity index (χ3n) is 6.13. The van der Waals surface area contributed by atoms with Crippen LogP contribution in [0.15, 0.2) is 48.9 Å². The lowest BCUT2D eigenvalue weighted by Crippen LogP contribution is -2.25. The number of halogens is 1. The van der Waals surface area contributed by atoms with Crippen molar-refractivity contribution in [3.63, 3.8) is 0 Å². The molecule has 3 aromatic rings. The Balaban J connectivity index is 1.63. The highest BCUT2D eigenvalue weighted by Gasteiger charge is 2.35. The standard InChI is InChI=1S/C26H26FN3O4/c1-15-20(8-16-9-23(33-2)26(32)24(10-16)34-3)19-5-4-17(27)11-22(19)21(15)12-25(31)30-14-18-13-28-6-7-29-18/h4-11,13,15,21,32H,12,14H2,1-3H3,(H,30,31)/b20-8-/t15-,21?/m1/s1. The number of phenolic OH excluding ortho intramolecular Hbond substituents is 1. The molecule has 34 heavy (non-hydrogen) atoms. The maximum Gasteiger partial charge on any atom is 0.220 e. The molecule has 1 heterocycles. The van der Waals surface area contributed by atoms with Crippen molar-refractivity contribution in [2.24, 2.45) is 5.92 Å². The molecule has 0 aliphatic heterocycles. The van der Waals surface area contributed by atoms with Crippen LogP contribution in [0.4, 0.5) is 4.39 Å². The quantitative estimate of drug-likeness (QED) is 0.542. The maximum absolute atomic E-state index is 14.2. The summed E-state index contributed by atoms with van der Waals surface area (Å²) in [6.07, 6.45) is 6.92. The molecular weight excluding hydrogens is 437 g/mol. The van der Waals surface area contributed by atoms with Crippen molar-refractivity contribution in [1.29, 1.82) is 0 Å². The number of rotatable bonds is 7. The average molecular weight is 464 g/mol. The molecular formula is C26H26FN3O4. The first kappa shape index (κ1) is 23.2. The minimum atomic E-state index is -0.342. The normalized spacial score (nSPS) is 17.9. The minimum absolute atomic E-state index is 0.0511. The van der Waals surface area contributed by atoms with Crippen LogP contribution in [0.1, 0.15) is 41.6 Å². The summed E-state index contributed by atoms with van der Waals surface area (Å²) in [5.41, 5.74) is 4.09. The van der Waals surface area contributed by atoms with Gasteiger partial charge in [-0.05, 0) is 58.4 Å². The van der Waals surface area contributed by atoms with E-state index in [4.69, 9.17) is 9.47 Å². The maximum atomic E-state index is 14.2. The molecule has 1 unspecified atom stereocenters. The molecule has 7 nitrogen and oxygen atoms in total. The number of phenols is 1. The summed E-state index contributed by atoms with van der Waals surface area (Å²) in [7, 11) is 2.94. The second-order valence-electron chi connectivity index (χ2n) is 8.18. The van der Waals surface area contributed by atoms with Crippen molar-refractivity contribution in [1.82, 2.24) is 15.3 Å². The van der Waals surface area contributed by atoms with Crippen LogP contribution < -0.4 is 14.8 Å². The van der Waals surface area contributed by atoms with E-state index in [9.17, 15) is 14.3 Å². The molecule has 1 aliphatic rings. The number of hydrogen-bond acceptors (Lipinski definition) is 6. The Morgan fingerprint density at radius 2 is 1.91 bits per heavy atom. The van der Waals surface area contributed by atoms with E-state index in [2.05, 4.69) is 15.3 Å². The van der Waals surface area contributed by atoms with Gasteiger partial charge in [0.2, 0.25) is 11.7 Å². The van der Waals surface area contributed by atoms with Crippen molar-refractivity contribution < 1.29 is 23.8 Å². The Morgan fingerprint density at radius 3 is 2.56 bits per heavy atom. The molecule has 1 amide bonds. The van der Waals surface area contributed by atoms with E-state index < -0.39 is 0 Å². The fraction of sp³-hybridized carbons (Fsp3) is 0.269. The Labute approximate surface area is 197 Å². The number of fused-ring (bicyclic) bond motifs is 1. The molecule has 0 spiro atoms. The molecule has 2 aromatic carbocycles. The Morgan fingerprint density at radius 1 is 1.18 bits per heavy atom. The van der Waals surface area contributed by atoms with Crippen molar-refractivity contribution >= 4 is 17.6 Å². The second-order valence-corrected chi connectivity index (χ2v) is 8.18. The highest BCUT2D eigenvalue weighted by Crippen LogP contribution is 2.49. The Kier molecular flexibility index (Phi) is 6.77. The first-order valence-corrected chi connectivity index (χ1v) is 10.9. The van der Waals surface area contributed by atoms with Gasteiger partial charge in [-0.3, -0.25) is 14.8 Å². The van der Waals surface area contributed by atoms with Crippen LogP contribution in [0, 0.1) is 11.7 Å². The zero-order valence-electron chi connectivity index (χ0n) is 19.2. The van der Waals surface area contributed by atoms with Gasteiger partial charge in [0.1, 0.15) is 5.82 Å². The number of aromatic nitrogens is 2. The van der Waals surface area contributed by atoms with E-state index in [1.54, 1.807) is 36.8 Å². The summed E-state index contributed by atoms with van der Waals surface area (Å²) in [4.78, 5) is 20.9. The topological polar surface area (TPSA) is 93.6 Å². The van der Waals surface area contributed by atoms with Gasteiger partial charge in [-0.1, -0.05) is 19.1 Å². The lowest BCUT2D eigenvalue weighted by atomic mass is 9.88. The fourth-order valence-corrected chi connectivity index (χ4v) is 4.39. The van der Waals surface area contributed by atoms with Crippen LogP contribution in [-0.2, 0) is 11.3 Å². The predicted octanol–water partition coefficient (Wildman–Crippen LogP) is 4.32. The number of nitrogens with one attached hydrogen (secondary N) is 1. The van der Waals surface area contributed by atoms with Gasteiger partial charge in [0, 0.05) is 18.8 Å². The van der Waals surface area contributed by atoms with Crippen LogP contribution >= 0.6 is 0 Å². The van der Waals surface area contributed by atoms with Gasteiger partial charge in [0.15, 0.2) is 11.5 Å². The molecule has 8 heteroatoms. The fourth-order valence-electron chi connectivity index (χ4n) is 4.39. The van der Waals surface area contributed by atoms with E-state index >= 15 is 0 Å². The number of amides is 1. The molecule has 1 aliphatic carbocycles. The molecule has 0 radical (unpaired) electrons. The van der Waals surface area contributed by atoms with E-state index in [1.807, 2.05) is 13.0 Å². The molecule has 0 bridgehead atoms. The number of carbonyl (C=O) groups excluding carboxylic acids is 1. The highest BCUT2D eigenvalue weighted by molar-refractivity contribution is 5.89. The zero-order chi connectivity index (χ0) is 24.2. The van der Waals surface area contributed by atoms with Crippen LogP contribution in [0.5, 0.6) is 17.2 Å². The Hall–Kier alpha value is -3.94. The number of carbonyl (C=O) groups is 1. The number of aromatic hydroxyl groups is 1. The summed E-state index contributed by atoms with van der Waals surface area (Å²) in [5.74, 6) is -0.236. The van der Waals surface area contributed by atoms with E-state index in [-0.39, 0.29) is 53.8 Å². The van der Waals surface area contributed by atoms with E-state index in [1.165, 1.54) is 26.4 Å². The number of allylic oxidation sites excluding steroid dienone is 1. The van der Waals surface area contributed by atoms with Gasteiger partial charge in [-0.2, -0.15) is 0 Å². The third-order valence-corrected chi connectivity index (χ3v) is 6.13.